The molecule has 2 aliphatic heterocycles. The number of nitrogens with zero attached hydrogens (tertiary/aromatic N) is 2. The van der Waals surface area contributed by atoms with E-state index in [-0.39, 0.29) is 17.8 Å². The highest BCUT2D eigenvalue weighted by Crippen LogP contribution is 2.30. The predicted octanol–water partition coefficient (Wildman–Crippen LogP) is 1.47. The molecular weight excluding hydrogens is 358 g/mol. The minimum absolute atomic E-state index is 0.000502. The molecule has 2 aromatic carbocycles. The lowest BCUT2D eigenvalue weighted by Crippen LogP contribution is -2.50. The monoisotopic (exact) mass is 383 g/mol. The Morgan fingerprint density at radius 2 is 1.75 bits per heavy atom. The molecule has 0 saturated carbocycles. The van der Waals surface area contributed by atoms with E-state index in [1.165, 1.54) is 0 Å². The molecule has 0 aromatic heterocycles. The van der Waals surface area contributed by atoms with Gasteiger partial charge in [-0.15, -0.1) is 0 Å². The summed E-state index contributed by atoms with van der Waals surface area (Å²) in [5.41, 5.74) is 1.09. The van der Waals surface area contributed by atoms with E-state index in [4.69, 9.17) is 9.47 Å². The minimum Gasteiger partial charge on any atom is -0.508 e. The van der Waals surface area contributed by atoms with Gasteiger partial charge in [-0.2, -0.15) is 0 Å². The third-order valence-corrected chi connectivity index (χ3v) is 5.05. The van der Waals surface area contributed by atoms with Crippen molar-refractivity contribution in [3.05, 3.63) is 48.5 Å². The highest BCUT2D eigenvalue weighted by Gasteiger charge is 2.23. The van der Waals surface area contributed by atoms with Crippen molar-refractivity contribution in [1.82, 2.24) is 10.2 Å². The lowest BCUT2D eigenvalue weighted by Gasteiger charge is -2.35. The molecule has 7 nitrogen and oxygen atoms in total. The number of hydrogen-bond donors (Lipinski definition) is 2. The van der Waals surface area contributed by atoms with Gasteiger partial charge >= 0.3 is 0 Å². The van der Waals surface area contributed by atoms with E-state index in [1.807, 2.05) is 36.4 Å². The number of hydrogen-bond acceptors (Lipinski definition) is 6. The maximum Gasteiger partial charge on any atom is 0.234 e. The minimum atomic E-state index is -0.176. The van der Waals surface area contributed by atoms with Gasteiger partial charge in [0.1, 0.15) is 18.5 Å². The van der Waals surface area contributed by atoms with Crippen LogP contribution in [0, 0.1) is 0 Å². The number of para-hydroxylation sites is 2. The number of carbonyl (C=O) groups is 1. The van der Waals surface area contributed by atoms with E-state index in [1.54, 1.807) is 12.1 Å². The van der Waals surface area contributed by atoms with Gasteiger partial charge in [0.15, 0.2) is 11.5 Å². The van der Waals surface area contributed by atoms with Crippen molar-refractivity contribution in [3.63, 3.8) is 0 Å². The molecule has 2 N–H and O–H groups in total. The first-order chi connectivity index (χ1) is 13.7. The summed E-state index contributed by atoms with van der Waals surface area (Å²) in [5, 5.41) is 12.4. The number of nitrogens with one attached hydrogen (secondary N) is 1. The Hall–Kier alpha value is -2.93. The Balaban J connectivity index is 1.19. The average Bonchev–Trinajstić information content (AvgIpc) is 2.73. The maximum absolute atomic E-state index is 12.3. The SMILES string of the molecule is O=C(CN1CCN(c2ccc(O)cc2)CC1)NC[C@@H]1COc2ccccc2O1. The Kier molecular flexibility index (Phi) is 5.53. The smallest absolute Gasteiger partial charge is 0.234 e. The number of aromatic hydroxyl groups is 1. The summed E-state index contributed by atoms with van der Waals surface area (Å²) in [6.07, 6.45) is -0.176. The second-order valence-corrected chi connectivity index (χ2v) is 7.08. The number of fused-ring (bicyclic) bond motifs is 1. The highest BCUT2D eigenvalue weighted by molar-refractivity contribution is 5.78. The molecule has 1 amide bonds. The van der Waals surface area contributed by atoms with Crippen LogP contribution in [-0.2, 0) is 4.79 Å². The molecule has 2 aromatic rings. The van der Waals surface area contributed by atoms with Crippen molar-refractivity contribution in [1.29, 1.82) is 0 Å². The van der Waals surface area contributed by atoms with Gasteiger partial charge in [0.05, 0.1) is 13.1 Å². The molecule has 28 heavy (non-hydrogen) atoms. The molecule has 1 atom stereocenters. The number of piperazine rings is 1. The zero-order valence-corrected chi connectivity index (χ0v) is 15.7. The Bertz CT molecular complexity index is 804. The van der Waals surface area contributed by atoms with Crippen LogP contribution in [0.4, 0.5) is 5.69 Å². The van der Waals surface area contributed by atoms with Gasteiger partial charge in [0.2, 0.25) is 5.91 Å². The molecule has 0 unspecified atom stereocenters. The van der Waals surface area contributed by atoms with Gasteiger partial charge in [-0.3, -0.25) is 9.69 Å². The highest BCUT2D eigenvalue weighted by atomic mass is 16.6. The Labute approximate surface area is 164 Å². The number of phenols is 1. The van der Waals surface area contributed by atoms with Gasteiger partial charge in [-0.25, -0.2) is 0 Å². The van der Waals surface area contributed by atoms with Crippen molar-refractivity contribution in [3.8, 4) is 17.2 Å². The van der Waals surface area contributed by atoms with Crippen molar-refractivity contribution in [2.75, 3.05) is 50.8 Å². The molecule has 0 radical (unpaired) electrons. The van der Waals surface area contributed by atoms with Gasteiger partial charge in [-0.05, 0) is 36.4 Å². The molecule has 0 aliphatic carbocycles. The number of ether oxygens (including phenoxy) is 2. The van der Waals surface area contributed by atoms with E-state index < -0.39 is 0 Å². The van der Waals surface area contributed by atoms with Gasteiger partial charge in [0.25, 0.3) is 0 Å². The molecule has 4 rings (SSSR count). The Morgan fingerprint density at radius 3 is 2.50 bits per heavy atom. The molecule has 148 valence electrons. The van der Waals surface area contributed by atoms with Crippen molar-refractivity contribution >= 4 is 11.6 Å². The number of amides is 1. The summed E-state index contributed by atoms with van der Waals surface area (Å²) >= 11 is 0. The molecule has 1 fully saturated rings. The van der Waals surface area contributed by atoms with E-state index >= 15 is 0 Å². The number of benzene rings is 2. The van der Waals surface area contributed by atoms with Crippen LogP contribution < -0.4 is 19.7 Å². The zero-order chi connectivity index (χ0) is 19.3. The molecule has 0 bridgehead atoms. The third kappa shape index (κ3) is 4.48. The maximum atomic E-state index is 12.3. The lowest BCUT2D eigenvalue weighted by atomic mass is 10.2. The van der Waals surface area contributed by atoms with Crippen LogP contribution in [0.1, 0.15) is 0 Å². The number of carbonyl (C=O) groups excluding carboxylic acids is 1. The van der Waals surface area contributed by atoms with Crippen LogP contribution >= 0.6 is 0 Å². The van der Waals surface area contributed by atoms with Crippen LogP contribution in [0.2, 0.25) is 0 Å². The molecule has 2 heterocycles. The van der Waals surface area contributed by atoms with Gasteiger partial charge in [-0.1, -0.05) is 12.1 Å². The largest absolute Gasteiger partial charge is 0.508 e. The van der Waals surface area contributed by atoms with Crippen molar-refractivity contribution < 1.29 is 19.4 Å². The molecule has 1 saturated heterocycles. The average molecular weight is 383 g/mol. The van der Waals surface area contributed by atoms with E-state index in [2.05, 4.69) is 15.1 Å². The van der Waals surface area contributed by atoms with Crippen molar-refractivity contribution in [2.45, 2.75) is 6.10 Å². The first-order valence-corrected chi connectivity index (χ1v) is 9.59. The fraction of sp³-hybridized carbons (Fsp3) is 0.381. The van der Waals surface area contributed by atoms with E-state index in [0.29, 0.717) is 19.7 Å². The summed E-state index contributed by atoms with van der Waals surface area (Å²) in [6.45, 7) is 4.61. The van der Waals surface area contributed by atoms with Crippen LogP contribution in [-0.4, -0.2) is 67.9 Å². The quantitative estimate of drug-likeness (QED) is 0.815. The number of anilines is 1. The fourth-order valence-electron chi connectivity index (χ4n) is 3.48. The molecular formula is C21H25N3O4. The van der Waals surface area contributed by atoms with Gasteiger partial charge in [0, 0.05) is 31.9 Å². The van der Waals surface area contributed by atoms with Crippen LogP contribution in [0.3, 0.4) is 0 Å². The third-order valence-electron chi connectivity index (χ3n) is 5.05. The van der Waals surface area contributed by atoms with Crippen molar-refractivity contribution in [2.24, 2.45) is 0 Å². The standard InChI is InChI=1S/C21H25N3O4/c25-17-7-5-16(6-8-17)24-11-9-23(10-12-24)14-21(26)22-13-18-15-27-19-3-1-2-4-20(19)28-18/h1-8,18,25H,9-15H2,(H,22,26)/t18-/m1/s1. The predicted molar refractivity (Wildman–Crippen MR) is 106 cm³/mol. The summed E-state index contributed by atoms with van der Waals surface area (Å²) < 4.78 is 11.5. The summed E-state index contributed by atoms with van der Waals surface area (Å²) in [4.78, 5) is 16.7. The topological polar surface area (TPSA) is 74.3 Å². The molecule has 2 aliphatic rings. The lowest BCUT2D eigenvalue weighted by molar-refractivity contribution is -0.122. The number of phenolic OH excluding ortho intramolecular Hbond substituents is 1. The van der Waals surface area contributed by atoms with Crippen LogP contribution in [0.25, 0.3) is 0 Å². The molecule has 7 heteroatoms. The Morgan fingerprint density at radius 1 is 1.04 bits per heavy atom. The zero-order valence-electron chi connectivity index (χ0n) is 15.7. The summed E-state index contributed by atoms with van der Waals surface area (Å²) in [7, 11) is 0. The summed E-state index contributed by atoms with van der Waals surface area (Å²) in [5.74, 6) is 1.74. The second kappa shape index (κ2) is 8.39. The number of rotatable bonds is 5. The second-order valence-electron chi connectivity index (χ2n) is 7.08. The first-order valence-electron chi connectivity index (χ1n) is 9.59. The van der Waals surface area contributed by atoms with E-state index in [9.17, 15) is 9.90 Å². The van der Waals surface area contributed by atoms with Crippen LogP contribution in [0.15, 0.2) is 48.5 Å². The van der Waals surface area contributed by atoms with Crippen LogP contribution in [0.5, 0.6) is 17.2 Å². The van der Waals surface area contributed by atoms with E-state index in [0.717, 1.165) is 43.4 Å². The fourth-order valence-corrected chi connectivity index (χ4v) is 3.48. The normalized spacial score (nSPS) is 19.3. The summed E-state index contributed by atoms with van der Waals surface area (Å²) in [6, 6.07) is 14.8. The first kappa shape index (κ1) is 18.4. The molecule has 0 spiro atoms. The van der Waals surface area contributed by atoms with Gasteiger partial charge < -0.3 is 24.8 Å².